The van der Waals surface area contributed by atoms with Crippen molar-refractivity contribution >= 4 is 23.1 Å². The van der Waals surface area contributed by atoms with Gasteiger partial charge in [0, 0.05) is 37.0 Å². The van der Waals surface area contributed by atoms with Crippen molar-refractivity contribution in [1.82, 2.24) is 9.78 Å². The number of rotatable bonds is 8. The second-order valence-corrected chi connectivity index (χ2v) is 9.81. The van der Waals surface area contributed by atoms with E-state index in [0.29, 0.717) is 13.0 Å². The van der Waals surface area contributed by atoms with Crippen LogP contribution in [0.2, 0.25) is 5.02 Å². The molecule has 0 spiro atoms. The fourth-order valence-corrected chi connectivity index (χ4v) is 6.19. The van der Waals surface area contributed by atoms with Gasteiger partial charge in [0.1, 0.15) is 5.76 Å². The lowest BCUT2D eigenvalue weighted by atomic mass is 9.68. The van der Waals surface area contributed by atoms with E-state index < -0.39 is 0 Å². The van der Waals surface area contributed by atoms with Crippen LogP contribution in [0.5, 0.6) is 0 Å². The highest BCUT2D eigenvalue weighted by Gasteiger charge is 2.44. The van der Waals surface area contributed by atoms with E-state index in [9.17, 15) is 0 Å². The Hall–Kier alpha value is -2.28. The molecule has 2 atom stereocenters. The molecule has 0 amide bonds. The largest absolute Gasteiger partial charge is 0.469 e. The first kappa shape index (κ1) is 23.9. The molecule has 6 nitrogen and oxygen atoms in total. The molecule has 2 aromatic heterocycles. The van der Waals surface area contributed by atoms with Crippen molar-refractivity contribution in [3.63, 3.8) is 0 Å². The molecule has 0 bridgehead atoms. The predicted molar refractivity (Wildman–Crippen MR) is 135 cm³/mol. The van der Waals surface area contributed by atoms with Crippen molar-refractivity contribution in [2.75, 3.05) is 18.0 Å². The first-order valence-electron chi connectivity index (χ1n) is 11.9. The first-order chi connectivity index (χ1) is 15.8. The number of aromatic nitrogens is 2. The lowest BCUT2D eigenvalue weighted by Crippen LogP contribution is -2.50. The summed E-state index contributed by atoms with van der Waals surface area (Å²) in [5, 5.41) is 5.83. The summed E-state index contributed by atoms with van der Waals surface area (Å²) in [4.78, 5) is 2.29. The number of furan rings is 1. The third kappa shape index (κ3) is 4.20. The number of hydrogen-bond acceptors (Lipinski definition) is 5. The zero-order valence-corrected chi connectivity index (χ0v) is 21.0. The molecule has 4 rings (SSSR count). The normalized spacial score (nSPS) is 16.5. The number of fused-ring (bicyclic) bond motifs is 1. The molecule has 0 saturated carbocycles. The number of nitrogens with two attached hydrogens (primary N) is 2. The Morgan fingerprint density at radius 1 is 1.30 bits per heavy atom. The lowest BCUT2D eigenvalue weighted by molar-refractivity contribution is 0.272. The average molecular weight is 470 g/mol. The topological polar surface area (TPSA) is 86.2 Å². The first-order valence-corrected chi connectivity index (χ1v) is 12.3. The summed E-state index contributed by atoms with van der Waals surface area (Å²) in [6.45, 7) is 7.76. The van der Waals surface area contributed by atoms with Gasteiger partial charge in [0.25, 0.3) is 0 Å². The van der Waals surface area contributed by atoms with Gasteiger partial charge in [-0.2, -0.15) is 5.10 Å². The highest BCUT2D eigenvalue weighted by Crippen LogP contribution is 2.45. The number of benzene rings is 1. The number of anilines is 2. The van der Waals surface area contributed by atoms with Crippen molar-refractivity contribution < 1.29 is 4.42 Å². The molecule has 2 unspecified atom stereocenters. The molecule has 7 heteroatoms. The van der Waals surface area contributed by atoms with Crippen LogP contribution in [0.3, 0.4) is 0 Å². The van der Waals surface area contributed by atoms with Crippen LogP contribution in [-0.4, -0.2) is 28.9 Å². The molecule has 4 N–H and O–H groups in total. The molecule has 0 aliphatic carbocycles. The van der Waals surface area contributed by atoms with Crippen LogP contribution in [0.4, 0.5) is 11.5 Å². The number of nitrogens with zero attached hydrogens (tertiary/aromatic N) is 3. The van der Waals surface area contributed by atoms with Gasteiger partial charge in [0.15, 0.2) is 5.82 Å². The van der Waals surface area contributed by atoms with E-state index in [1.54, 1.807) is 6.26 Å². The van der Waals surface area contributed by atoms with Crippen LogP contribution in [0, 0.1) is 13.8 Å². The molecular formula is C26H36ClN5O. The average Bonchev–Trinajstić information content (AvgIpc) is 3.39. The second kappa shape index (κ2) is 9.53. The highest BCUT2D eigenvalue weighted by atomic mass is 35.5. The zero-order chi connectivity index (χ0) is 23.8. The lowest BCUT2D eigenvalue weighted by Gasteiger charge is -2.40. The van der Waals surface area contributed by atoms with Crippen LogP contribution in [0.1, 0.15) is 54.3 Å². The van der Waals surface area contributed by atoms with Gasteiger partial charge in [0.2, 0.25) is 0 Å². The molecule has 0 saturated heterocycles. The van der Waals surface area contributed by atoms with Gasteiger partial charge in [-0.05, 0) is 75.4 Å². The Kier molecular flexibility index (Phi) is 6.89. The monoisotopic (exact) mass is 469 g/mol. The summed E-state index contributed by atoms with van der Waals surface area (Å²) < 4.78 is 7.83. The third-order valence-corrected chi connectivity index (χ3v) is 7.43. The number of hydrogen-bond donors (Lipinski definition) is 2. The van der Waals surface area contributed by atoms with Crippen LogP contribution in [0.15, 0.2) is 34.9 Å². The molecule has 3 aromatic rings. The van der Waals surface area contributed by atoms with Gasteiger partial charge in [-0.25, -0.2) is 0 Å². The smallest absolute Gasteiger partial charge is 0.158 e. The third-order valence-electron chi connectivity index (χ3n) is 7.14. The molecule has 1 aliphatic rings. The van der Waals surface area contributed by atoms with E-state index in [-0.39, 0.29) is 11.5 Å². The fraction of sp³-hybridized carbons (Fsp3) is 0.500. The minimum atomic E-state index is -0.369. The Balaban J connectivity index is 1.90. The molecule has 0 fully saturated rings. The van der Waals surface area contributed by atoms with E-state index in [2.05, 4.69) is 31.7 Å². The fourth-order valence-electron chi connectivity index (χ4n) is 5.77. The summed E-state index contributed by atoms with van der Waals surface area (Å²) in [5.74, 6) is 1.91. The Bertz CT molecular complexity index is 1080. The van der Waals surface area contributed by atoms with E-state index in [1.165, 1.54) is 11.3 Å². The van der Waals surface area contributed by atoms with Crippen molar-refractivity contribution in [2.45, 2.75) is 64.3 Å². The van der Waals surface area contributed by atoms with Crippen molar-refractivity contribution in [1.29, 1.82) is 0 Å². The number of aryl methyl sites for hydroxylation is 3. The summed E-state index contributed by atoms with van der Waals surface area (Å²) in [6, 6.07) is 8.10. The van der Waals surface area contributed by atoms with E-state index in [0.717, 1.165) is 65.6 Å². The summed E-state index contributed by atoms with van der Waals surface area (Å²) >= 11 is 6.76. The molecule has 1 aliphatic heterocycles. The van der Waals surface area contributed by atoms with E-state index in [4.69, 9.17) is 32.6 Å². The molecule has 1 aromatic carbocycles. The summed E-state index contributed by atoms with van der Waals surface area (Å²) in [5.41, 5.74) is 18.5. The van der Waals surface area contributed by atoms with Gasteiger partial charge < -0.3 is 20.8 Å². The SMILES string of the molecule is CCC(N)C(CCN)(Cc1ccco1)c1c2c(nn1C)N(c1c(C)cc(C)cc1Cl)CCC2. The van der Waals surface area contributed by atoms with Crippen LogP contribution in [0.25, 0.3) is 0 Å². The van der Waals surface area contributed by atoms with E-state index >= 15 is 0 Å². The van der Waals surface area contributed by atoms with Gasteiger partial charge in [-0.3, -0.25) is 4.68 Å². The second-order valence-electron chi connectivity index (χ2n) is 9.41. The van der Waals surface area contributed by atoms with Gasteiger partial charge >= 0.3 is 0 Å². The minimum Gasteiger partial charge on any atom is -0.469 e. The minimum absolute atomic E-state index is 0.0780. The van der Waals surface area contributed by atoms with E-state index in [1.807, 2.05) is 29.9 Å². The highest BCUT2D eigenvalue weighted by molar-refractivity contribution is 6.33. The Morgan fingerprint density at radius 2 is 2.09 bits per heavy atom. The summed E-state index contributed by atoms with van der Waals surface area (Å²) in [6.07, 6.45) is 6.01. The van der Waals surface area contributed by atoms with Crippen LogP contribution >= 0.6 is 11.6 Å². The molecule has 178 valence electrons. The quantitative estimate of drug-likeness (QED) is 0.488. The Morgan fingerprint density at radius 3 is 2.73 bits per heavy atom. The number of halogens is 1. The molecular weight excluding hydrogens is 434 g/mol. The molecule has 3 heterocycles. The standard InChI is InChI=1S/C26H36ClN5O/c1-5-22(29)26(10-11-28,16-19-8-7-13-33-19)24-20-9-6-12-32(25(20)30-31(24)4)23-18(3)14-17(2)15-21(23)27/h7-8,13-15,22H,5-6,9-12,16,28-29H2,1-4H3. The van der Waals surface area contributed by atoms with Gasteiger partial charge in [0.05, 0.1) is 22.7 Å². The molecule has 0 radical (unpaired) electrons. The van der Waals surface area contributed by atoms with Gasteiger partial charge in [-0.15, -0.1) is 0 Å². The maximum absolute atomic E-state index is 6.89. The maximum Gasteiger partial charge on any atom is 0.158 e. The van der Waals surface area contributed by atoms with Crippen molar-refractivity contribution in [2.24, 2.45) is 18.5 Å². The van der Waals surface area contributed by atoms with Gasteiger partial charge in [-0.1, -0.05) is 24.6 Å². The Labute approximate surface area is 201 Å². The molecule has 33 heavy (non-hydrogen) atoms. The van der Waals surface area contributed by atoms with Crippen molar-refractivity contribution in [3.8, 4) is 0 Å². The van der Waals surface area contributed by atoms with Crippen LogP contribution in [-0.2, 0) is 25.3 Å². The summed E-state index contributed by atoms with van der Waals surface area (Å²) in [7, 11) is 2.03. The van der Waals surface area contributed by atoms with Crippen molar-refractivity contribution in [3.05, 3.63) is 63.7 Å². The predicted octanol–water partition coefficient (Wildman–Crippen LogP) is 4.93. The maximum atomic E-state index is 6.89. The zero-order valence-electron chi connectivity index (χ0n) is 20.2. The van der Waals surface area contributed by atoms with Crippen LogP contribution < -0.4 is 16.4 Å².